The van der Waals surface area contributed by atoms with Crippen LogP contribution in [0.5, 0.6) is 0 Å². The van der Waals surface area contributed by atoms with Crippen LogP contribution in [0.25, 0.3) is 0 Å². The van der Waals surface area contributed by atoms with Gasteiger partial charge in [0, 0.05) is 25.8 Å². The number of sulfonamides is 1. The Labute approximate surface area is 226 Å². The molecule has 2 aliphatic heterocycles. The van der Waals surface area contributed by atoms with Gasteiger partial charge in [-0.1, -0.05) is 103 Å². The van der Waals surface area contributed by atoms with Crippen molar-refractivity contribution in [3.8, 4) is 0 Å². The number of morpholine rings is 1. The van der Waals surface area contributed by atoms with Crippen LogP contribution < -0.4 is 0 Å². The normalized spacial score (nSPS) is 25.1. The van der Waals surface area contributed by atoms with Crippen molar-refractivity contribution in [3.05, 3.63) is 137 Å². The molecule has 6 rings (SSSR count). The van der Waals surface area contributed by atoms with E-state index in [-0.39, 0.29) is 12.6 Å². The lowest BCUT2D eigenvalue weighted by Crippen LogP contribution is -2.70. The fraction of sp³-hybridized carbons (Fsp3) is 0.273. The lowest BCUT2D eigenvalue weighted by atomic mass is 9.70. The molecule has 4 nitrogen and oxygen atoms in total. The summed E-state index contributed by atoms with van der Waals surface area (Å²) in [5, 5.41) is 0. The summed E-state index contributed by atoms with van der Waals surface area (Å²) in [6.45, 7) is 4.25. The van der Waals surface area contributed by atoms with Crippen molar-refractivity contribution >= 4 is 10.0 Å². The molecule has 0 spiro atoms. The fourth-order valence-corrected chi connectivity index (χ4v) is 8.10. The SMILES string of the molecule is Cc1ccc(S(=O)(=O)N2C[C@]3(Cc4ccccc4)O[C@@](Cc4ccccc4)(Cc4ccccc43)[C@@H]2C)cc1. The van der Waals surface area contributed by atoms with Gasteiger partial charge in [-0.05, 0) is 48.2 Å². The van der Waals surface area contributed by atoms with E-state index in [1.807, 2.05) is 68.4 Å². The van der Waals surface area contributed by atoms with Gasteiger partial charge in [0.1, 0.15) is 5.60 Å². The minimum atomic E-state index is -3.78. The average molecular weight is 524 g/mol. The van der Waals surface area contributed by atoms with Crippen molar-refractivity contribution in [2.75, 3.05) is 6.54 Å². The van der Waals surface area contributed by atoms with Crippen molar-refractivity contribution < 1.29 is 13.2 Å². The molecule has 3 atom stereocenters. The molecule has 38 heavy (non-hydrogen) atoms. The molecular formula is C33H33NO3S. The summed E-state index contributed by atoms with van der Waals surface area (Å²) in [7, 11) is -3.78. The maximum atomic E-state index is 14.3. The number of hydrogen-bond acceptors (Lipinski definition) is 3. The average Bonchev–Trinajstić information content (AvgIpc) is 2.92. The van der Waals surface area contributed by atoms with Crippen molar-refractivity contribution in [2.45, 2.75) is 55.2 Å². The molecule has 2 bridgehead atoms. The summed E-state index contributed by atoms with van der Waals surface area (Å²) in [6.07, 6.45) is 1.86. The molecule has 5 heteroatoms. The zero-order valence-corrected chi connectivity index (χ0v) is 22.7. The van der Waals surface area contributed by atoms with Gasteiger partial charge in [-0.2, -0.15) is 4.31 Å². The van der Waals surface area contributed by atoms with E-state index in [4.69, 9.17) is 4.74 Å². The van der Waals surface area contributed by atoms with Gasteiger partial charge in [-0.3, -0.25) is 0 Å². The number of nitrogens with zero attached hydrogens (tertiary/aromatic N) is 1. The van der Waals surface area contributed by atoms with E-state index >= 15 is 0 Å². The number of aryl methyl sites for hydroxylation is 1. The van der Waals surface area contributed by atoms with Crippen LogP contribution in [0.15, 0.2) is 114 Å². The molecule has 0 aromatic heterocycles. The van der Waals surface area contributed by atoms with E-state index in [2.05, 4.69) is 42.5 Å². The summed E-state index contributed by atoms with van der Waals surface area (Å²) >= 11 is 0. The first kappa shape index (κ1) is 25.1. The second-order valence-electron chi connectivity index (χ2n) is 10.9. The Hall–Kier alpha value is -3.25. The molecule has 1 fully saturated rings. The Kier molecular flexibility index (Phi) is 6.26. The molecule has 4 aromatic carbocycles. The molecule has 0 radical (unpaired) electrons. The molecular weight excluding hydrogens is 490 g/mol. The highest BCUT2D eigenvalue weighted by Crippen LogP contribution is 2.51. The highest BCUT2D eigenvalue weighted by molar-refractivity contribution is 7.89. The van der Waals surface area contributed by atoms with Crippen LogP contribution in [-0.2, 0) is 39.6 Å². The maximum Gasteiger partial charge on any atom is 0.243 e. The van der Waals surface area contributed by atoms with E-state index < -0.39 is 21.2 Å². The molecule has 0 N–H and O–H groups in total. The number of hydrogen-bond donors (Lipinski definition) is 0. The van der Waals surface area contributed by atoms with E-state index in [0.717, 1.165) is 22.3 Å². The molecule has 0 aliphatic carbocycles. The molecule has 0 amide bonds. The molecule has 194 valence electrons. The third-order valence-corrected chi connectivity index (χ3v) is 10.2. The van der Waals surface area contributed by atoms with Crippen molar-refractivity contribution in [2.24, 2.45) is 0 Å². The summed E-state index contributed by atoms with van der Waals surface area (Å²) in [5.41, 5.74) is 4.09. The molecule has 4 aromatic rings. The van der Waals surface area contributed by atoms with Crippen LogP contribution in [0.2, 0.25) is 0 Å². The van der Waals surface area contributed by atoms with Gasteiger partial charge < -0.3 is 4.74 Å². The second kappa shape index (κ2) is 9.49. The standard InChI is InChI=1S/C33H33NO3S/c1-25-17-19-30(20-18-25)38(35,36)34-24-33(22-28-13-7-4-8-14-28)31-16-10-9-15-29(31)23-32(37-33,26(34)2)21-27-11-5-3-6-12-27/h3-20,26H,21-24H2,1-2H3/t26-,32-,33-/m0/s1. The summed E-state index contributed by atoms with van der Waals surface area (Å²) in [4.78, 5) is 0.327. The number of fused-ring (bicyclic) bond motifs is 4. The van der Waals surface area contributed by atoms with Gasteiger partial charge in [0.2, 0.25) is 10.0 Å². The van der Waals surface area contributed by atoms with Gasteiger partial charge in [-0.25, -0.2) is 8.42 Å². The number of benzene rings is 4. The fourth-order valence-electron chi connectivity index (χ4n) is 6.36. The molecule has 0 saturated carbocycles. The van der Waals surface area contributed by atoms with Crippen LogP contribution in [-0.4, -0.2) is 30.9 Å². The minimum absolute atomic E-state index is 0.257. The first-order valence-electron chi connectivity index (χ1n) is 13.3. The largest absolute Gasteiger partial charge is 0.360 e. The van der Waals surface area contributed by atoms with Crippen LogP contribution in [0, 0.1) is 6.92 Å². The predicted molar refractivity (Wildman–Crippen MR) is 150 cm³/mol. The Morgan fingerprint density at radius 3 is 2.03 bits per heavy atom. The van der Waals surface area contributed by atoms with Crippen LogP contribution >= 0.6 is 0 Å². The minimum Gasteiger partial charge on any atom is -0.360 e. The van der Waals surface area contributed by atoms with Gasteiger partial charge in [0.15, 0.2) is 0 Å². The van der Waals surface area contributed by atoms with E-state index in [9.17, 15) is 8.42 Å². The van der Waals surface area contributed by atoms with Crippen molar-refractivity contribution in [1.29, 1.82) is 0 Å². The lowest BCUT2D eigenvalue weighted by molar-refractivity contribution is -0.234. The van der Waals surface area contributed by atoms with Crippen molar-refractivity contribution in [3.63, 3.8) is 0 Å². The van der Waals surface area contributed by atoms with Gasteiger partial charge in [0.05, 0.1) is 16.5 Å². The van der Waals surface area contributed by atoms with Crippen molar-refractivity contribution in [1.82, 2.24) is 4.31 Å². The topological polar surface area (TPSA) is 46.6 Å². The van der Waals surface area contributed by atoms with Gasteiger partial charge in [0.25, 0.3) is 0 Å². The lowest BCUT2D eigenvalue weighted by Gasteiger charge is -2.59. The summed E-state index contributed by atoms with van der Waals surface area (Å²) in [5.74, 6) is 0. The molecule has 2 aliphatic rings. The van der Waals surface area contributed by atoms with Gasteiger partial charge >= 0.3 is 0 Å². The predicted octanol–water partition coefficient (Wildman–Crippen LogP) is 6.08. The Morgan fingerprint density at radius 1 is 0.789 bits per heavy atom. The Morgan fingerprint density at radius 2 is 1.37 bits per heavy atom. The summed E-state index contributed by atoms with van der Waals surface area (Å²) < 4.78 is 37.7. The third kappa shape index (κ3) is 4.29. The third-order valence-electron chi connectivity index (χ3n) is 8.31. The van der Waals surface area contributed by atoms with E-state index in [1.54, 1.807) is 16.4 Å². The monoisotopic (exact) mass is 523 g/mol. The zero-order valence-electron chi connectivity index (χ0n) is 21.9. The smallest absolute Gasteiger partial charge is 0.243 e. The van der Waals surface area contributed by atoms with E-state index in [0.29, 0.717) is 24.2 Å². The number of rotatable bonds is 6. The number of ether oxygens (including phenoxy) is 1. The highest BCUT2D eigenvalue weighted by atomic mass is 32.2. The summed E-state index contributed by atoms with van der Waals surface area (Å²) in [6, 6.07) is 35.8. The molecule has 0 unspecified atom stereocenters. The van der Waals surface area contributed by atoms with Crippen LogP contribution in [0.4, 0.5) is 0 Å². The Balaban J connectivity index is 1.55. The Bertz CT molecular complexity index is 1540. The quantitative estimate of drug-likeness (QED) is 0.308. The first-order chi connectivity index (χ1) is 18.3. The maximum absolute atomic E-state index is 14.3. The zero-order chi connectivity index (χ0) is 26.4. The highest BCUT2D eigenvalue weighted by Gasteiger charge is 2.59. The first-order valence-corrected chi connectivity index (χ1v) is 14.7. The van der Waals surface area contributed by atoms with Crippen LogP contribution in [0.3, 0.4) is 0 Å². The van der Waals surface area contributed by atoms with Gasteiger partial charge in [-0.15, -0.1) is 0 Å². The van der Waals surface area contributed by atoms with E-state index in [1.165, 1.54) is 5.56 Å². The van der Waals surface area contributed by atoms with Crippen LogP contribution in [0.1, 0.15) is 34.7 Å². The molecule has 1 saturated heterocycles. The second-order valence-corrected chi connectivity index (χ2v) is 12.7. The molecule has 2 heterocycles.